The van der Waals surface area contributed by atoms with Crippen LogP contribution in [0.3, 0.4) is 0 Å². The van der Waals surface area contributed by atoms with Gasteiger partial charge in [0.05, 0.1) is 6.61 Å². The molecule has 0 aliphatic carbocycles. The van der Waals surface area contributed by atoms with Crippen molar-refractivity contribution in [2.24, 2.45) is 0 Å². The van der Waals surface area contributed by atoms with E-state index in [1.807, 2.05) is 19.0 Å². The largest absolute Gasteiger partial charge is 0.464 e. The summed E-state index contributed by atoms with van der Waals surface area (Å²) < 4.78 is 32.5. The summed E-state index contributed by atoms with van der Waals surface area (Å²) in [4.78, 5) is 14.1. The standard InChI is InChI=1S/C15H22F2N2O2/c1-5-21-14(20)15(2,18-9-10-19(3)4)11-7-6-8-12(16)13(11)17/h6-8,18H,5,9-10H2,1-4H3. The van der Waals surface area contributed by atoms with Gasteiger partial charge < -0.3 is 9.64 Å². The molecule has 0 aromatic heterocycles. The minimum Gasteiger partial charge on any atom is -0.464 e. The van der Waals surface area contributed by atoms with Gasteiger partial charge in [0, 0.05) is 18.7 Å². The number of nitrogens with one attached hydrogen (secondary N) is 1. The third-order valence-electron chi connectivity index (χ3n) is 3.21. The number of carbonyl (C=O) groups is 1. The van der Waals surface area contributed by atoms with E-state index in [2.05, 4.69) is 5.32 Å². The van der Waals surface area contributed by atoms with Gasteiger partial charge >= 0.3 is 5.97 Å². The molecule has 1 rings (SSSR count). The molecule has 1 aromatic rings. The Labute approximate surface area is 124 Å². The number of halogens is 2. The predicted octanol–water partition coefficient (Wildman–Crippen LogP) is 1.89. The molecule has 1 unspecified atom stereocenters. The summed E-state index contributed by atoms with van der Waals surface area (Å²) in [6.07, 6.45) is 0. The van der Waals surface area contributed by atoms with Crippen molar-refractivity contribution in [3.8, 4) is 0 Å². The van der Waals surface area contributed by atoms with Crippen molar-refractivity contribution in [2.45, 2.75) is 19.4 Å². The van der Waals surface area contributed by atoms with Gasteiger partial charge in [0.15, 0.2) is 11.6 Å². The maximum atomic E-state index is 14.1. The van der Waals surface area contributed by atoms with E-state index in [0.29, 0.717) is 13.1 Å². The summed E-state index contributed by atoms with van der Waals surface area (Å²) in [5.74, 6) is -2.66. The van der Waals surface area contributed by atoms with Crippen LogP contribution in [0.25, 0.3) is 0 Å². The first-order chi connectivity index (χ1) is 9.82. The molecule has 0 fully saturated rings. The molecule has 21 heavy (non-hydrogen) atoms. The van der Waals surface area contributed by atoms with Gasteiger partial charge in [-0.3, -0.25) is 5.32 Å². The molecule has 0 bridgehead atoms. The van der Waals surface area contributed by atoms with E-state index in [1.54, 1.807) is 6.92 Å². The van der Waals surface area contributed by atoms with Crippen LogP contribution in [-0.2, 0) is 15.1 Å². The molecular weight excluding hydrogens is 278 g/mol. The summed E-state index contributed by atoms with van der Waals surface area (Å²) in [6, 6.07) is 3.78. The van der Waals surface area contributed by atoms with E-state index in [0.717, 1.165) is 6.07 Å². The van der Waals surface area contributed by atoms with E-state index >= 15 is 0 Å². The lowest BCUT2D eigenvalue weighted by atomic mass is 9.91. The Morgan fingerprint density at radius 2 is 2.05 bits per heavy atom. The number of esters is 1. The van der Waals surface area contributed by atoms with Crippen molar-refractivity contribution < 1.29 is 18.3 Å². The lowest BCUT2D eigenvalue weighted by Gasteiger charge is -2.30. The minimum atomic E-state index is -1.43. The van der Waals surface area contributed by atoms with Crippen LogP contribution < -0.4 is 5.32 Å². The van der Waals surface area contributed by atoms with Gasteiger partial charge in [-0.25, -0.2) is 13.6 Å². The lowest BCUT2D eigenvalue weighted by molar-refractivity contribution is -0.151. The number of ether oxygens (including phenoxy) is 1. The third-order valence-corrected chi connectivity index (χ3v) is 3.21. The summed E-state index contributed by atoms with van der Waals surface area (Å²) in [7, 11) is 3.76. The van der Waals surface area contributed by atoms with Crippen molar-refractivity contribution in [1.29, 1.82) is 0 Å². The van der Waals surface area contributed by atoms with Crippen molar-refractivity contribution in [1.82, 2.24) is 10.2 Å². The van der Waals surface area contributed by atoms with Crippen molar-refractivity contribution in [3.63, 3.8) is 0 Å². The van der Waals surface area contributed by atoms with Gasteiger partial charge in [0.25, 0.3) is 0 Å². The molecule has 0 radical (unpaired) electrons. The summed E-state index contributed by atoms with van der Waals surface area (Å²) in [5, 5.41) is 2.97. The number of carbonyl (C=O) groups excluding carboxylic acids is 1. The van der Waals surface area contributed by atoms with Crippen LogP contribution in [0.5, 0.6) is 0 Å². The number of likely N-dealkylation sites (N-methyl/N-ethyl adjacent to an activating group) is 1. The van der Waals surface area contributed by atoms with E-state index in [9.17, 15) is 13.6 Å². The summed E-state index contributed by atoms with van der Waals surface area (Å²) >= 11 is 0. The predicted molar refractivity (Wildman–Crippen MR) is 76.9 cm³/mol. The van der Waals surface area contributed by atoms with Crippen molar-refractivity contribution in [3.05, 3.63) is 35.4 Å². The fraction of sp³-hybridized carbons (Fsp3) is 0.533. The highest BCUT2D eigenvalue weighted by Crippen LogP contribution is 2.26. The lowest BCUT2D eigenvalue weighted by Crippen LogP contribution is -2.50. The zero-order valence-electron chi connectivity index (χ0n) is 12.9. The van der Waals surface area contributed by atoms with Gasteiger partial charge in [-0.2, -0.15) is 0 Å². The summed E-state index contributed by atoms with van der Waals surface area (Å²) in [6.45, 7) is 4.41. The van der Waals surface area contributed by atoms with Crippen molar-refractivity contribution in [2.75, 3.05) is 33.8 Å². The van der Waals surface area contributed by atoms with Crippen LogP contribution >= 0.6 is 0 Å². The van der Waals surface area contributed by atoms with Crippen LogP contribution in [0, 0.1) is 11.6 Å². The fourth-order valence-corrected chi connectivity index (χ4v) is 1.97. The minimum absolute atomic E-state index is 0.0558. The average molecular weight is 300 g/mol. The van der Waals surface area contributed by atoms with E-state index < -0.39 is 23.1 Å². The second-order valence-corrected chi connectivity index (χ2v) is 5.18. The molecule has 0 heterocycles. The quantitative estimate of drug-likeness (QED) is 0.781. The second-order valence-electron chi connectivity index (χ2n) is 5.18. The first-order valence-electron chi connectivity index (χ1n) is 6.84. The Balaban J connectivity index is 3.11. The number of hydrogen-bond donors (Lipinski definition) is 1. The zero-order valence-corrected chi connectivity index (χ0v) is 12.9. The highest BCUT2D eigenvalue weighted by atomic mass is 19.2. The molecule has 6 heteroatoms. The highest BCUT2D eigenvalue weighted by Gasteiger charge is 2.39. The number of hydrogen-bond acceptors (Lipinski definition) is 4. The van der Waals surface area contributed by atoms with Gasteiger partial charge in [-0.05, 0) is 34.0 Å². The SMILES string of the molecule is CCOC(=O)C(C)(NCCN(C)C)c1cccc(F)c1F. The third kappa shape index (κ3) is 4.22. The zero-order chi connectivity index (χ0) is 16.0. The Morgan fingerprint density at radius 1 is 1.38 bits per heavy atom. The molecule has 1 aromatic carbocycles. The molecule has 1 N–H and O–H groups in total. The normalized spacial score (nSPS) is 14.0. The molecule has 4 nitrogen and oxygen atoms in total. The van der Waals surface area contributed by atoms with Gasteiger partial charge in [-0.15, -0.1) is 0 Å². The van der Waals surface area contributed by atoms with Crippen LogP contribution in [0.15, 0.2) is 18.2 Å². The molecule has 118 valence electrons. The molecule has 0 amide bonds. The highest BCUT2D eigenvalue weighted by molar-refractivity contribution is 5.82. The molecule has 0 saturated carbocycles. The Bertz CT molecular complexity index is 495. The Kier molecular flexibility index (Phi) is 6.23. The van der Waals surface area contributed by atoms with Gasteiger partial charge in [-0.1, -0.05) is 12.1 Å². The fourth-order valence-electron chi connectivity index (χ4n) is 1.97. The van der Waals surface area contributed by atoms with E-state index in [-0.39, 0.29) is 12.2 Å². The van der Waals surface area contributed by atoms with Crippen molar-refractivity contribution >= 4 is 5.97 Å². The molecule has 0 saturated heterocycles. The monoisotopic (exact) mass is 300 g/mol. The van der Waals surface area contributed by atoms with Crippen LogP contribution in [0.4, 0.5) is 8.78 Å². The number of nitrogens with zero attached hydrogens (tertiary/aromatic N) is 1. The van der Waals surface area contributed by atoms with Crippen LogP contribution in [-0.4, -0.2) is 44.7 Å². The second kappa shape index (κ2) is 7.47. The van der Waals surface area contributed by atoms with Gasteiger partial charge in [0.1, 0.15) is 5.54 Å². The van der Waals surface area contributed by atoms with E-state index in [4.69, 9.17) is 4.74 Å². The average Bonchev–Trinajstić information content (AvgIpc) is 2.41. The maximum Gasteiger partial charge on any atom is 0.330 e. The van der Waals surface area contributed by atoms with Crippen LogP contribution in [0.2, 0.25) is 0 Å². The molecule has 0 aliphatic rings. The number of rotatable bonds is 7. The summed E-state index contributed by atoms with van der Waals surface area (Å²) in [5.41, 5.74) is -1.49. The molecule has 0 aliphatic heterocycles. The Morgan fingerprint density at radius 3 is 2.62 bits per heavy atom. The Hall–Kier alpha value is -1.53. The molecule has 1 atom stereocenters. The molecular formula is C15H22F2N2O2. The number of benzene rings is 1. The maximum absolute atomic E-state index is 14.1. The van der Waals surface area contributed by atoms with Crippen LogP contribution in [0.1, 0.15) is 19.4 Å². The smallest absolute Gasteiger partial charge is 0.330 e. The van der Waals surface area contributed by atoms with E-state index in [1.165, 1.54) is 19.1 Å². The van der Waals surface area contributed by atoms with Gasteiger partial charge in [0.2, 0.25) is 0 Å². The first-order valence-corrected chi connectivity index (χ1v) is 6.84. The molecule has 0 spiro atoms. The topological polar surface area (TPSA) is 41.6 Å². The first kappa shape index (κ1) is 17.5.